The Balaban J connectivity index is 2.28. The number of aryl methyl sites for hydroxylation is 1. The van der Waals surface area contributed by atoms with Gasteiger partial charge in [-0.1, -0.05) is 30.3 Å². The molecular weight excluding hydrogens is 282 g/mol. The first-order valence-electron chi connectivity index (χ1n) is 6.49. The summed E-state index contributed by atoms with van der Waals surface area (Å²) < 4.78 is 51.3. The zero-order valence-corrected chi connectivity index (χ0v) is 11.4. The lowest BCUT2D eigenvalue weighted by Gasteiger charge is -2.23. The molecule has 0 bridgehead atoms. The molecule has 2 rings (SSSR count). The molecule has 1 N–H and O–H groups in total. The zero-order chi connectivity index (χ0) is 15.5. The molecule has 0 saturated heterocycles. The summed E-state index contributed by atoms with van der Waals surface area (Å²) in [6.07, 6.45) is -5.28. The van der Waals surface area contributed by atoms with Crippen LogP contribution in [0.4, 0.5) is 23.2 Å². The fraction of sp³-hybridized carbons (Fsp3) is 0.250. The van der Waals surface area contributed by atoms with Crippen LogP contribution < -0.4 is 5.32 Å². The number of benzene rings is 2. The molecule has 1 nitrogen and oxygen atoms in total. The Kier molecular flexibility index (Phi) is 4.50. The molecule has 0 heterocycles. The van der Waals surface area contributed by atoms with Crippen LogP contribution in [0.2, 0.25) is 0 Å². The monoisotopic (exact) mass is 297 g/mol. The summed E-state index contributed by atoms with van der Waals surface area (Å²) in [5.41, 5.74) is 1.60. The number of anilines is 1. The maximum Gasteiger partial charge on any atom is 0.391 e. The van der Waals surface area contributed by atoms with E-state index < -0.39 is 24.5 Å². The van der Waals surface area contributed by atoms with E-state index in [1.165, 1.54) is 18.2 Å². The van der Waals surface area contributed by atoms with Gasteiger partial charge in [0.1, 0.15) is 5.82 Å². The number of rotatable bonds is 4. The van der Waals surface area contributed by atoms with E-state index in [-0.39, 0.29) is 0 Å². The third-order valence-electron chi connectivity index (χ3n) is 3.16. The minimum absolute atomic E-state index is 0.412. The van der Waals surface area contributed by atoms with Gasteiger partial charge in [-0.2, -0.15) is 13.2 Å². The second-order valence-corrected chi connectivity index (χ2v) is 4.89. The van der Waals surface area contributed by atoms with Crippen molar-refractivity contribution in [1.29, 1.82) is 0 Å². The summed E-state index contributed by atoms with van der Waals surface area (Å²) in [7, 11) is 0. The van der Waals surface area contributed by atoms with Gasteiger partial charge in [0.15, 0.2) is 0 Å². The van der Waals surface area contributed by atoms with Crippen molar-refractivity contribution in [3.8, 4) is 0 Å². The maximum atomic E-state index is 13.1. The second kappa shape index (κ2) is 6.16. The standard InChI is InChI=1S/C16H15F4N/c1-11-9-13(17)7-8-14(11)21-15(10-16(18,19)20)12-5-3-2-4-6-12/h2-9,15,21H,10H2,1H3. The molecule has 1 atom stereocenters. The molecule has 0 spiro atoms. The third kappa shape index (κ3) is 4.48. The fourth-order valence-electron chi connectivity index (χ4n) is 2.15. The lowest BCUT2D eigenvalue weighted by molar-refractivity contribution is -0.137. The topological polar surface area (TPSA) is 12.0 Å². The summed E-state index contributed by atoms with van der Waals surface area (Å²) >= 11 is 0. The molecule has 0 aliphatic heterocycles. The van der Waals surface area contributed by atoms with Crippen molar-refractivity contribution in [2.24, 2.45) is 0 Å². The summed E-state index contributed by atoms with van der Waals surface area (Å²) in [5.74, 6) is -0.412. The van der Waals surface area contributed by atoms with Gasteiger partial charge in [0.05, 0.1) is 12.5 Å². The first kappa shape index (κ1) is 15.4. The van der Waals surface area contributed by atoms with Gasteiger partial charge in [-0.25, -0.2) is 4.39 Å². The minimum atomic E-state index is -4.29. The molecule has 0 fully saturated rings. The van der Waals surface area contributed by atoms with Crippen LogP contribution in [-0.4, -0.2) is 6.18 Å². The minimum Gasteiger partial charge on any atom is -0.378 e. The Morgan fingerprint density at radius 3 is 2.29 bits per heavy atom. The van der Waals surface area contributed by atoms with Gasteiger partial charge in [0.25, 0.3) is 0 Å². The summed E-state index contributed by atoms with van der Waals surface area (Å²) in [4.78, 5) is 0. The summed E-state index contributed by atoms with van der Waals surface area (Å²) in [6, 6.07) is 11.5. The van der Waals surface area contributed by atoms with Crippen molar-refractivity contribution in [2.75, 3.05) is 5.32 Å². The number of halogens is 4. The van der Waals surface area contributed by atoms with E-state index >= 15 is 0 Å². The Labute approximate surface area is 120 Å². The van der Waals surface area contributed by atoms with Gasteiger partial charge in [-0.3, -0.25) is 0 Å². The molecule has 0 aliphatic rings. The van der Waals surface area contributed by atoms with Crippen molar-refractivity contribution in [1.82, 2.24) is 0 Å². The van der Waals surface area contributed by atoms with Crippen molar-refractivity contribution in [3.05, 3.63) is 65.5 Å². The summed E-state index contributed by atoms with van der Waals surface area (Å²) in [5, 5.41) is 2.86. The summed E-state index contributed by atoms with van der Waals surface area (Å²) in [6.45, 7) is 1.65. The fourth-order valence-corrected chi connectivity index (χ4v) is 2.15. The van der Waals surface area contributed by atoms with Crippen LogP contribution in [0, 0.1) is 12.7 Å². The van der Waals surface area contributed by atoms with Crippen molar-refractivity contribution in [2.45, 2.75) is 25.6 Å². The Morgan fingerprint density at radius 2 is 1.71 bits per heavy atom. The number of hydrogen-bond donors (Lipinski definition) is 1. The van der Waals surface area contributed by atoms with Crippen molar-refractivity contribution >= 4 is 5.69 Å². The molecule has 0 aromatic heterocycles. The van der Waals surface area contributed by atoms with Crippen LogP contribution in [0.5, 0.6) is 0 Å². The smallest absolute Gasteiger partial charge is 0.378 e. The Bertz CT molecular complexity index is 593. The average molecular weight is 297 g/mol. The predicted octanol–water partition coefficient (Wildman–Crippen LogP) is 5.24. The highest BCUT2D eigenvalue weighted by Gasteiger charge is 2.32. The average Bonchev–Trinajstić information content (AvgIpc) is 2.40. The number of alkyl halides is 3. The van der Waals surface area contributed by atoms with E-state index in [1.54, 1.807) is 37.3 Å². The molecule has 1 unspecified atom stereocenters. The van der Waals surface area contributed by atoms with Gasteiger partial charge >= 0.3 is 6.18 Å². The molecule has 0 aliphatic carbocycles. The number of nitrogens with one attached hydrogen (secondary N) is 1. The lowest BCUT2D eigenvalue weighted by Crippen LogP contribution is -2.20. The normalized spacial score (nSPS) is 13.0. The second-order valence-electron chi connectivity index (χ2n) is 4.89. The Morgan fingerprint density at radius 1 is 1.05 bits per heavy atom. The van der Waals surface area contributed by atoms with Crippen LogP contribution in [-0.2, 0) is 0 Å². The molecule has 0 radical (unpaired) electrons. The van der Waals surface area contributed by atoms with E-state index in [2.05, 4.69) is 5.32 Å². The molecule has 2 aromatic rings. The molecule has 0 saturated carbocycles. The highest BCUT2D eigenvalue weighted by molar-refractivity contribution is 5.52. The third-order valence-corrected chi connectivity index (χ3v) is 3.16. The molecule has 5 heteroatoms. The molecule has 0 amide bonds. The van der Waals surface area contributed by atoms with E-state index in [1.807, 2.05) is 0 Å². The molecule has 21 heavy (non-hydrogen) atoms. The predicted molar refractivity (Wildman–Crippen MR) is 74.6 cm³/mol. The van der Waals surface area contributed by atoms with Gasteiger partial charge in [-0.15, -0.1) is 0 Å². The van der Waals surface area contributed by atoms with Gasteiger partial charge < -0.3 is 5.32 Å². The Hall–Kier alpha value is -2.04. The van der Waals surface area contributed by atoms with Crippen LogP contribution in [0.3, 0.4) is 0 Å². The van der Waals surface area contributed by atoms with Crippen molar-refractivity contribution < 1.29 is 17.6 Å². The van der Waals surface area contributed by atoms with Crippen LogP contribution in [0.15, 0.2) is 48.5 Å². The van der Waals surface area contributed by atoms with Gasteiger partial charge in [0.2, 0.25) is 0 Å². The number of hydrogen-bond acceptors (Lipinski definition) is 1. The van der Waals surface area contributed by atoms with Gasteiger partial charge in [-0.05, 0) is 36.2 Å². The first-order valence-corrected chi connectivity index (χ1v) is 6.49. The molecule has 2 aromatic carbocycles. The van der Waals surface area contributed by atoms with Gasteiger partial charge in [0, 0.05) is 5.69 Å². The first-order chi connectivity index (χ1) is 9.85. The van der Waals surface area contributed by atoms with Crippen LogP contribution in [0.25, 0.3) is 0 Å². The van der Waals surface area contributed by atoms with E-state index in [9.17, 15) is 17.6 Å². The van der Waals surface area contributed by atoms with Crippen molar-refractivity contribution in [3.63, 3.8) is 0 Å². The zero-order valence-electron chi connectivity index (χ0n) is 11.4. The molecular formula is C16H15F4N. The lowest BCUT2D eigenvalue weighted by atomic mass is 10.0. The SMILES string of the molecule is Cc1cc(F)ccc1NC(CC(F)(F)F)c1ccccc1. The largest absolute Gasteiger partial charge is 0.391 e. The quantitative estimate of drug-likeness (QED) is 0.761. The van der Waals surface area contributed by atoms with E-state index in [4.69, 9.17) is 0 Å². The van der Waals surface area contributed by atoms with Crippen LogP contribution >= 0.6 is 0 Å². The highest BCUT2D eigenvalue weighted by Crippen LogP contribution is 2.33. The van der Waals surface area contributed by atoms with E-state index in [0.29, 0.717) is 16.8 Å². The highest BCUT2D eigenvalue weighted by atomic mass is 19.4. The maximum absolute atomic E-state index is 13.1. The van der Waals surface area contributed by atoms with Crippen LogP contribution in [0.1, 0.15) is 23.6 Å². The van der Waals surface area contributed by atoms with E-state index in [0.717, 1.165) is 0 Å². The molecule has 112 valence electrons.